The van der Waals surface area contributed by atoms with E-state index in [0.29, 0.717) is 6.54 Å². The zero-order valence-electron chi connectivity index (χ0n) is 14.3. The van der Waals surface area contributed by atoms with Crippen molar-refractivity contribution in [3.8, 4) is 0 Å². The van der Waals surface area contributed by atoms with Gasteiger partial charge in [-0.2, -0.15) is 0 Å². The Morgan fingerprint density at radius 3 is 2.09 bits per heavy atom. The molecule has 2 rings (SSSR count). The summed E-state index contributed by atoms with van der Waals surface area (Å²) in [5.74, 6) is 0.116. The molecule has 2 fully saturated rings. The first-order chi connectivity index (χ1) is 10.4. The summed E-state index contributed by atoms with van der Waals surface area (Å²) in [7, 11) is 0. The van der Waals surface area contributed by atoms with Crippen molar-refractivity contribution in [1.29, 1.82) is 0 Å². The van der Waals surface area contributed by atoms with Crippen LogP contribution in [0.25, 0.3) is 0 Å². The van der Waals surface area contributed by atoms with Gasteiger partial charge in [-0.25, -0.2) is 4.79 Å². The van der Waals surface area contributed by atoms with Crippen LogP contribution in [0.2, 0.25) is 0 Å². The van der Waals surface area contributed by atoms with Gasteiger partial charge in [-0.1, -0.05) is 19.3 Å². The van der Waals surface area contributed by atoms with Crippen molar-refractivity contribution in [2.24, 2.45) is 0 Å². The first kappa shape index (κ1) is 17.1. The fourth-order valence-electron chi connectivity index (χ4n) is 3.24. The number of hydrogen-bond acceptors (Lipinski definition) is 3. The molecule has 5 heteroatoms. The second-order valence-electron chi connectivity index (χ2n) is 7.42. The smallest absolute Gasteiger partial charge is 0.410 e. The van der Waals surface area contributed by atoms with Gasteiger partial charge in [0.1, 0.15) is 11.6 Å². The van der Waals surface area contributed by atoms with Crippen LogP contribution in [0.3, 0.4) is 0 Å². The lowest BCUT2D eigenvalue weighted by Crippen LogP contribution is -2.49. The van der Waals surface area contributed by atoms with Crippen LogP contribution in [-0.4, -0.2) is 53.1 Å². The molecule has 5 nitrogen and oxygen atoms in total. The van der Waals surface area contributed by atoms with Crippen molar-refractivity contribution in [1.82, 2.24) is 9.80 Å². The van der Waals surface area contributed by atoms with Crippen LogP contribution >= 0.6 is 0 Å². The van der Waals surface area contributed by atoms with E-state index in [1.165, 1.54) is 19.3 Å². The summed E-state index contributed by atoms with van der Waals surface area (Å²) < 4.78 is 5.45. The van der Waals surface area contributed by atoms with Gasteiger partial charge in [0.25, 0.3) is 0 Å². The standard InChI is InChI=1S/C17H30N2O3/c1-17(2,3)22-16(21)19-13-9-10-14(19)15(20)18-11-7-5-4-6-8-12-18/h14H,4-13H2,1-3H3/t14-/m0/s1. The highest BCUT2D eigenvalue weighted by Gasteiger charge is 2.38. The highest BCUT2D eigenvalue weighted by molar-refractivity contribution is 5.86. The Labute approximate surface area is 134 Å². The summed E-state index contributed by atoms with van der Waals surface area (Å²) in [4.78, 5) is 28.7. The molecule has 1 atom stereocenters. The molecule has 2 amide bonds. The minimum absolute atomic E-state index is 0.116. The Kier molecular flexibility index (Phi) is 5.70. The molecule has 0 unspecified atom stereocenters. The summed E-state index contributed by atoms with van der Waals surface area (Å²) in [6.07, 6.45) is 7.10. The van der Waals surface area contributed by atoms with Crippen LogP contribution in [-0.2, 0) is 9.53 Å². The SMILES string of the molecule is CC(C)(C)OC(=O)N1CCC[C@H]1C(=O)N1CCCCCCC1. The van der Waals surface area contributed by atoms with Crippen LogP contribution in [0.5, 0.6) is 0 Å². The summed E-state index contributed by atoms with van der Waals surface area (Å²) in [5, 5.41) is 0. The lowest BCUT2D eigenvalue weighted by Gasteiger charge is -2.32. The average molecular weight is 310 g/mol. The fourth-order valence-corrected chi connectivity index (χ4v) is 3.24. The molecule has 0 aromatic carbocycles. The third kappa shape index (κ3) is 4.62. The largest absolute Gasteiger partial charge is 0.444 e. The van der Waals surface area contributed by atoms with Crippen molar-refractivity contribution in [2.75, 3.05) is 19.6 Å². The minimum Gasteiger partial charge on any atom is -0.444 e. The van der Waals surface area contributed by atoms with E-state index < -0.39 is 5.60 Å². The molecule has 0 radical (unpaired) electrons. The van der Waals surface area contributed by atoms with Gasteiger partial charge in [-0.05, 0) is 46.5 Å². The van der Waals surface area contributed by atoms with Gasteiger partial charge in [0.15, 0.2) is 0 Å². The molecule has 22 heavy (non-hydrogen) atoms. The van der Waals surface area contributed by atoms with Gasteiger partial charge >= 0.3 is 6.09 Å². The fraction of sp³-hybridized carbons (Fsp3) is 0.882. The first-order valence-electron chi connectivity index (χ1n) is 8.67. The van der Waals surface area contributed by atoms with E-state index in [0.717, 1.165) is 38.8 Å². The van der Waals surface area contributed by atoms with Crippen molar-refractivity contribution in [3.63, 3.8) is 0 Å². The van der Waals surface area contributed by atoms with Gasteiger partial charge in [-0.3, -0.25) is 9.69 Å². The number of amides is 2. The molecule has 2 saturated heterocycles. The lowest BCUT2D eigenvalue weighted by atomic mass is 10.1. The maximum absolute atomic E-state index is 12.8. The molecule has 0 spiro atoms. The summed E-state index contributed by atoms with van der Waals surface area (Å²) in [5.41, 5.74) is -0.520. The van der Waals surface area contributed by atoms with Crippen LogP contribution in [0.4, 0.5) is 4.79 Å². The van der Waals surface area contributed by atoms with Gasteiger partial charge < -0.3 is 9.64 Å². The second kappa shape index (κ2) is 7.34. The Balaban J connectivity index is 1.99. The van der Waals surface area contributed by atoms with Crippen LogP contribution in [0.1, 0.15) is 65.7 Å². The predicted octanol–water partition coefficient (Wildman–Crippen LogP) is 3.18. The molecule has 0 aliphatic carbocycles. The maximum Gasteiger partial charge on any atom is 0.410 e. The lowest BCUT2D eigenvalue weighted by molar-refractivity contribution is -0.136. The Hall–Kier alpha value is -1.26. The monoisotopic (exact) mass is 310 g/mol. The van der Waals surface area contributed by atoms with Crippen molar-refractivity contribution < 1.29 is 14.3 Å². The number of carbonyl (C=O) groups excluding carboxylic acids is 2. The molecule has 0 bridgehead atoms. The number of carbonyl (C=O) groups is 2. The number of rotatable bonds is 1. The zero-order chi connectivity index (χ0) is 16.2. The normalized spacial score (nSPS) is 23.9. The topological polar surface area (TPSA) is 49.9 Å². The van der Waals surface area contributed by atoms with Crippen molar-refractivity contribution >= 4 is 12.0 Å². The maximum atomic E-state index is 12.8. The van der Waals surface area contributed by atoms with Gasteiger partial charge in [0.2, 0.25) is 5.91 Å². The Bertz CT molecular complexity index is 395. The van der Waals surface area contributed by atoms with E-state index in [4.69, 9.17) is 4.74 Å². The van der Waals surface area contributed by atoms with Crippen molar-refractivity contribution in [3.05, 3.63) is 0 Å². The van der Waals surface area contributed by atoms with Gasteiger partial charge in [0, 0.05) is 19.6 Å². The summed E-state index contributed by atoms with van der Waals surface area (Å²) in [6.45, 7) is 7.86. The van der Waals surface area contributed by atoms with E-state index in [-0.39, 0.29) is 18.0 Å². The van der Waals surface area contributed by atoms with Crippen LogP contribution in [0.15, 0.2) is 0 Å². The number of likely N-dealkylation sites (tertiary alicyclic amines) is 2. The van der Waals surface area contributed by atoms with Gasteiger partial charge in [0.05, 0.1) is 0 Å². The molecule has 0 N–H and O–H groups in total. The summed E-state index contributed by atoms with van der Waals surface area (Å²) in [6, 6.07) is -0.325. The Morgan fingerprint density at radius 1 is 0.909 bits per heavy atom. The van der Waals surface area contributed by atoms with E-state index in [9.17, 15) is 9.59 Å². The second-order valence-corrected chi connectivity index (χ2v) is 7.42. The number of hydrogen-bond donors (Lipinski definition) is 0. The summed E-state index contributed by atoms with van der Waals surface area (Å²) >= 11 is 0. The molecular formula is C17H30N2O3. The average Bonchev–Trinajstić information content (AvgIpc) is 2.84. The molecule has 126 valence electrons. The highest BCUT2D eigenvalue weighted by Crippen LogP contribution is 2.23. The zero-order valence-corrected chi connectivity index (χ0v) is 14.3. The van der Waals surface area contributed by atoms with Crippen LogP contribution < -0.4 is 0 Å². The number of nitrogens with zero attached hydrogens (tertiary/aromatic N) is 2. The predicted molar refractivity (Wildman–Crippen MR) is 85.6 cm³/mol. The van der Waals surface area contributed by atoms with Crippen molar-refractivity contribution in [2.45, 2.75) is 77.4 Å². The first-order valence-corrected chi connectivity index (χ1v) is 8.67. The number of ether oxygens (including phenoxy) is 1. The molecule has 0 saturated carbocycles. The molecular weight excluding hydrogens is 280 g/mol. The third-order valence-corrected chi connectivity index (χ3v) is 4.33. The highest BCUT2D eigenvalue weighted by atomic mass is 16.6. The quantitative estimate of drug-likeness (QED) is 0.747. The molecule has 2 aliphatic heterocycles. The van der Waals surface area contributed by atoms with E-state index in [2.05, 4.69) is 0 Å². The van der Waals surface area contributed by atoms with E-state index in [1.807, 2.05) is 25.7 Å². The van der Waals surface area contributed by atoms with Gasteiger partial charge in [-0.15, -0.1) is 0 Å². The molecule has 0 aromatic rings. The third-order valence-electron chi connectivity index (χ3n) is 4.33. The molecule has 2 heterocycles. The Morgan fingerprint density at radius 2 is 1.50 bits per heavy atom. The van der Waals surface area contributed by atoms with E-state index in [1.54, 1.807) is 4.90 Å². The van der Waals surface area contributed by atoms with Crippen LogP contribution in [0, 0.1) is 0 Å². The van der Waals surface area contributed by atoms with E-state index >= 15 is 0 Å². The molecule has 2 aliphatic rings. The minimum atomic E-state index is -0.520. The molecule has 0 aromatic heterocycles.